The molecular weight excluding hydrogens is 426 g/mol. The van der Waals surface area contributed by atoms with E-state index >= 15 is 0 Å². The molecule has 1 aliphatic heterocycles. The van der Waals surface area contributed by atoms with E-state index in [0.717, 1.165) is 11.3 Å². The van der Waals surface area contributed by atoms with Gasteiger partial charge in [-0.05, 0) is 12.1 Å². The van der Waals surface area contributed by atoms with E-state index in [9.17, 15) is 14.4 Å². The molecule has 0 amide bonds. The molecule has 3 rings (SSSR count). The van der Waals surface area contributed by atoms with Gasteiger partial charge in [-0.2, -0.15) is 5.10 Å². The SMILES string of the molecule is CC(=O)O[C@@H]1[C@@H](OC(C)=O)[C@@H](Oc2ccc(-c3cnn(C)c3)nc2)SC[C@H]1OC(C)=O. The molecule has 0 aromatic carbocycles. The minimum atomic E-state index is -1.00. The molecule has 0 bridgehead atoms. The van der Waals surface area contributed by atoms with E-state index in [-0.39, 0.29) is 0 Å². The molecule has 0 aliphatic carbocycles. The zero-order valence-corrected chi connectivity index (χ0v) is 18.3. The van der Waals surface area contributed by atoms with Crippen LogP contribution in [0.1, 0.15) is 20.8 Å². The molecule has 0 spiro atoms. The van der Waals surface area contributed by atoms with E-state index in [4.69, 9.17) is 18.9 Å². The average molecular weight is 449 g/mol. The Balaban J connectivity index is 1.80. The smallest absolute Gasteiger partial charge is 0.303 e. The number of esters is 3. The topological polar surface area (TPSA) is 119 Å². The number of aromatic nitrogens is 3. The van der Waals surface area contributed by atoms with Crippen LogP contribution in [0.25, 0.3) is 11.3 Å². The number of carbonyl (C=O) groups excluding carboxylic acids is 3. The average Bonchev–Trinajstić information content (AvgIpc) is 3.12. The number of aryl methyl sites for hydroxylation is 1. The third-order valence-corrected chi connectivity index (χ3v) is 5.51. The van der Waals surface area contributed by atoms with Gasteiger partial charge in [-0.1, -0.05) is 0 Å². The highest BCUT2D eigenvalue weighted by molar-refractivity contribution is 7.99. The van der Waals surface area contributed by atoms with E-state index in [1.54, 1.807) is 29.2 Å². The highest BCUT2D eigenvalue weighted by atomic mass is 32.2. The zero-order chi connectivity index (χ0) is 22.5. The van der Waals surface area contributed by atoms with Gasteiger partial charge in [-0.15, -0.1) is 11.8 Å². The van der Waals surface area contributed by atoms with Crippen molar-refractivity contribution in [2.24, 2.45) is 7.05 Å². The maximum atomic E-state index is 11.7. The maximum Gasteiger partial charge on any atom is 0.303 e. The number of nitrogens with zero attached hydrogens (tertiary/aromatic N) is 3. The van der Waals surface area contributed by atoms with Gasteiger partial charge in [0.1, 0.15) is 5.75 Å². The van der Waals surface area contributed by atoms with Crippen molar-refractivity contribution in [3.05, 3.63) is 30.7 Å². The quantitative estimate of drug-likeness (QED) is 0.476. The second-order valence-electron chi connectivity index (χ2n) is 6.90. The second-order valence-corrected chi connectivity index (χ2v) is 8.03. The molecule has 3 heterocycles. The Morgan fingerprint density at radius 3 is 2.23 bits per heavy atom. The van der Waals surface area contributed by atoms with Crippen LogP contribution in [0.4, 0.5) is 0 Å². The summed E-state index contributed by atoms with van der Waals surface area (Å²) < 4.78 is 23.7. The van der Waals surface area contributed by atoms with Gasteiger partial charge >= 0.3 is 17.9 Å². The van der Waals surface area contributed by atoms with Crippen molar-refractivity contribution in [1.29, 1.82) is 0 Å². The number of pyridine rings is 1. The van der Waals surface area contributed by atoms with Gasteiger partial charge < -0.3 is 18.9 Å². The largest absolute Gasteiger partial charge is 0.474 e. The standard InChI is InChI=1S/C20H23N3O7S/c1-11(24)27-17-10-31-20(19(29-13(3)26)18(17)28-12(2)25)30-15-5-6-16(21-8-15)14-7-22-23(4)9-14/h5-9,17-20H,10H2,1-4H3/t17-,18+,19-,20+/m1/s1. The van der Waals surface area contributed by atoms with Crippen molar-refractivity contribution >= 4 is 29.7 Å². The summed E-state index contributed by atoms with van der Waals surface area (Å²) in [6, 6.07) is 3.52. The fraction of sp³-hybridized carbons (Fsp3) is 0.450. The first-order valence-corrected chi connectivity index (χ1v) is 10.5. The van der Waals surface area contributed by atoms with Crippen molar-refractivity contribution < 1.29 is 33.3 Å². The number of hydrogen-bond acceptors (Lipinski definition) is 10. The number of thioether (sulfide) groups is 1. The number of rotatable bonds is 6. The second kappa shape index (κ2) is 9.82. The van der Waals surface area contributed by atoms with Gasteiger partial charge in [-0.3, -0.25) is 24.0 Å². The highest BCUT2D eigenvalue weighted by Crippen LogP contribution is 2.34. The molecule has 166 valence electrons. The molecule has 0 radical (unpaired) electrons. The Hall–Kier alpha value is -3.08. The first-order valence-electron chi connectivity index (χ1n) is 9.48. The molecule has 0 N–H and O–H groups in total. The summed E-state index contributed by atoms with van der Waals surface area (Å²) in [7, 11) is 1.82. The van der Waals surface area contributed by atoms with Gasteiger partial charge in [0.15, 0.2) is 23.7 Å². The van der Waals surface area contributed by atoms with Crippen LogP contribution in [0.2, 0.25) is 0 Å². The Kier molecular flexibility index (Phi) is 7.16. The lowest BCUT2D eigenvalue weighted by molar-refractivity contribution is -0.186. The van der Waals surface area contributed by atoms with Crippen molar-refractivity contribution in [2.45, 2.75) is 44.5 Å². The molecule has 0 saturated carbocycles. The summed E-state index contributed by atoms with van der Waals surface area (Å²) in [4.78, 5) is 39.2. The fourth-order valence-electron chi connectivity index (χ4n) is 3.12. The molecule has 10 nitrogen and oxygen atoms in total. The first kappa shape index (κ1) is 22.6. The van der Waals surface area contributed by atoms with Gasteiger partial charge in [0.25, 0.3) is 0 Å². The van der Waals surface area contributed by atoms with Crippen LogP contribution < -0.4 is 4.74 Å². The van der Waals surface area contributed by atoms with Crippen LogP contribution in [0.5, 0.6) is 5.75 Å². The third-order valence-electron chi connectivity index (χ3n) is 4.29. The molecule has 11 heteroatoms. The lowest BCUT2D eigenvalue weighted by atomic mass is 10.1. The van der Waals surface area contributed by atoms with Crippen molar-refractivity contribution in [1.82, 2.24) is 14.8 Å². The van der Waals surface area contributed by atoms with E-state index < -0.39 is 41.7 Å². The Morgan fingerprint density at radius 1 is 1.00 bits per heavy atom. The normalized spacial score (nSPS) is 23.0. The summed E-state index contributed by atoms with van der Waals surface area (Å²) in [6.07, 6.45) is 2.33. The van der Waals surface area contributed by atoms with Crippen LogP contribution in [-0.2, 0) is 35.6 Å². The molecule has 2 aromatic rings. The van der Waals surface area contributed by atoms with Crippen LogP contribution >= 0.6 is 11.8 Å². The Labute approximate surface area is 183 Å². The molecule has 4 atom stereocenters. The van der Waals surface area contributed by atoms with E-state index in [2.05, 4.69) is 10.1 Å². The maximum absolute atomic E-state index is 11.7. The minimum Gasteiger partial charge on any atom is -0.474 e. The highest BCUT2D eigenvalue weighted by Gasteiger charge is 2.47. The molecule has 1 saturated heterocycles. The lowest BCUT2D eigenvalue weighted by Gasteiger charge is -2.39. The number of ether oxygens (including phenoxy) is 4. The fourth-order valence-corrected chi connectivity index (χ4v) is 4.33. The van der Waals surface area contributed by atoms with Gasteiger partial charge in [0.05, 0.1) is 18.1 Å². The van der Waals surface area contributed by atoms with Crippen LogP contribution in [0.15, 0.2) is 30.7 Å². The predicted molar refractivity (Wildman–Crippen MR) is 110 cm³/mol. The van der Waals surface area contributed by atoms with E-state index in [0.29, 0.717) is 11.5 Å². The molecule has 2 aromatic heterocycles. The van der Waals surface area contributed by atoms with Gasteiger partial charge in [0, 0.05) is 45.3 Å². The third kappa shape index (κ3) is 5.97. The Morgan fingerprint density at radius 2 is 1.68 bits per heavy atom. The van der Waals surface area contributed by atoms with Crippen LogP contribution in [0.3, 0.4) is 0 Å². The first-order chi connectivity index (χ1) is 14.7. The van der Waals surface area contributed by atoms with E-state index in [1.807, 2.05) is 13.2 Å². The number of carbonyl (C=O) groups is 3. The predicted octanol–water partition coefficient (Wildman–Crippen LogP) is 1.73. The molecule has 1 aliphatic rings. The van der Waals surface area contributed by atoms with Gasteiger partial charge in [0.2, 0.25) is 0 Å². The van der Waals surface area contributed by atoms with Crippen molar-refractivity contribution in [3.8, 4) is 17.0 Å². The van der Waals surface area contributed by atoms with E-state index in [1.165, 1.54) is 32.5 Å². The lowest BCUT2D eigenvalue weighted by Crippen LogP contribution is -2.55. The molecule has 31 heavy (non-hydrogen) atoms. The molecular formula is C20H23N3O7S. The van der Waals surface area contributed by atoms with Crippen LogP contribution in [0, 0.1) is 0 Å². The van der Waals surface area contributed by atoms with Crippen molar-refractivity contribution in [2.75, 3.05) is 5.75 Å². The minimum absolute atomic E-state index is 0.293. The summed E-state index contributed by atoms with van der Waals surface area (Å²) in [6.45, 7) is 3.73. The zero-order valence-electron chi connectivity index (χ0n) is 17.5. The van der Waals surface area contributed by atoms with Crippen molar-refractivity contribution in [3.63, 3.8) is 0 Å². The monoisotopic (exact) mass is 449 g/mol. The molecule has 0 unspecified atom stereocenters. The van der Waals surface area contributed by atoms with Crippen LogP contribution in [-0.4, -0.2) is 62.2 Å². The summed E-state index contributed by atoms with van der Waals surface area (Å²) >= 11 is 1.28. The summed E-state index contributed by atoms with van der Waals surface area (Å²) in [5.41, 5.74) is 0.880. The molecule has 1 fully saturated rings. The Bertz CT molecular complexity index is 947. The summed E-state index contributed by atoms with van der Waals surface area (Å²) in [5, 5.41) is 4.12. The summed E-state index contributed by atoms with van der Waals surface area (Å²) in [5.74, 6) is -0.966. The van der Waals surface area contributed by atoms with Gasteiger partial charge in [-0.25, -0.2) is 0 Å². The number of hydrogen-bond donors (Lipinski definition) is 0.